The molecule has 6 nitrogen and oxygen atoms in total. The maximum absolute atomic E-state index is 11.3. The number of nitrogens with one attached hydrogen (secondary N) is 1. The molecular formula is C15H23N3O3. The standard InChI is InChI=1S/C15H23N3O3/c1-12-5-3-7-14(18(19)20)15(12)17(9-10-21-2)11-13-6-4-8-16-13/h3,5,7,13,16H,4,6,8-11H2,1-2H3. The molecule has 0 amide bonds. The van der Waals surface area contributed by atoms with Gasteiger partial charge in [0.2, 0.25) is 0 Å². The Kier molecular flexibility index (Phi) is 5.52. The number of aryl methyl sites for hydroxylation is 1. The Bertz CT molecular complexity index is 487. The van der Waals surface area contributed by atoms with E-state index in [1.54, 1.807) is 19.2 Å². The number of nitro groups is 1. The van der Waals surface area contributed by atoms with Gasteiger partial charge in [-0.05, 0) is 31.9 Å². The van der Waals surface area contributed by atoms with Crippen molar-refractivity contribution in [3.05, 3.63) is 33.9 Å². The summed E-state index contributed by atoms with van der Waals surface area (Å²) in [6.45, 7) is 4.93. The topological polar surface area (TPSA) is 67.6 Å². The van der Waals surface area contributed by atoms with Crippen LogP contribution in [-0.2, 0) is 4.74 Å². The Hall–Kier alpha value is -1.66. The Morgan fingerprint density at radius 1 is 1.52 bits per heavy atom. The Balaban J connectivity index is 2.28. The van der Waals surface area contributed by atoms with Crippen LogP contribution in [0.25, 0.3) is 0 Å². The molecule has 1 aromatic rings. The summed E-state index contributed by atoms with van der Waals surface area (Å²) in [4.78, 5) is 13.1. The van der Waals surface area contributed by atoms with Crippen molar-refractivity contribution in [3.63, 3.8) is 0 Å². The van der Waals surface area contributed by atoms with Gasteiger partial charge in [-0.15, -0.1) is 0 Å². The molecule has 1 unspecified atom stereocenters. The van der Waals surface area contributed by atoms with E-state index in [9.17, 15) is 10.1 Å². The highest BCUT2D eigenvalue weighted by atomic mass is 16.6. The molecule has 0 saturated carbocycles. The highest BCUT2D eigenvalue weighted by Gasteiger charge is 2.25. The summed E-state index contributed by atoms with van der Waals surface area (Å²) in [6.07, 6.45) is 2.28. The van der Waals surface area contributed by atoms with Crippen molar-refractivity contribution in [2.45, 2.75) is 25.8 Å². The van der Waals surface area contributed by atoms with Crippen LogP contribution in [0.1, 0.15) is 18.4 Å². The third-order valence-electron chi connectivity index (χ3n) is 3.90. The second-order valence-electron chi connectivity index (χ2n) is 5.43. The predicted octanol–water partition coefficient (Wildman–Crippen LogP) is 2.11. The van der Waals surface area contributed by atoms with Gasteiger partial charge >= 0.3 is 0 Å². The zero-order valence-corrected chi connectivity index (χ0v) is 12.7. The van der Waals surface area contributed by atoms with Crippen molar-refractivity contribution in [3.8, 4) is 0 Å². The van der Waals surface area contributed by atoms with Gasteiger partial charge < -0.3 is 15.0 Å². The fourth-order valence-electron chi connectivity index (χ4n) is 2.88. The number of hydrogen-bond donors (Lipinski definition) is 1. The van der Waals surface area contributed by atoms with E-state index in [2.05, 4.69) is 10.2 Å². The van der Waals surface area contributed by atoms with Crippen molar-refractivity contribution in [1.29, 1.82) is 0 Å². The van der Waals surface area contributed by atoms with Gasteiger partial charge in [-0.1, -0.05) is 12.1 Å². The van der Waals surface area contributed by atoms with E-state index in [1.807, 2.05) is 13.0 Å². The third kappa shape index (κ3) is 3.92. The lowest BCUT2D eigenvalue weighted by atomic mass is 10.1. The highest BCUT2D eigenvalue weighted by Crippen LogP contribution is 2.32. The molecular weight excluding hydrogens is 270 g/mol. The smallest absolute Gasteiger partial charge is 0.292 e. The SMILES string of the molecule is COCCN(CC1CCCN1)c1c(C)cccc1[N+](=O)[O-]. The summed E-state index contributed by atoms with van der Waals surface area (Å²) in [5, 5.41) is 14.8. The van der Waals surface area contributed by atoms with Crippen LogP contribution < -0.4 is 10.2 Å². The second kappa shape index (κ2) is 7.38. The molecule has 116 valence electrons. The monoisotopic (exact) mass is 293 g/mol. The summed E-state index contributed by atoms with van der Waals surface area (Å²) in [6, 6.07) is 5.62. The summed E-state index contributed by atoms with van der Waals surface area (Å²) in [5.74, 6) is 0. The predicted molar refractivity (Wildman–Crippen MR) is 82.9 cm³/mol. The van der Waals surface area contributed by atoms with Gasteiger partial charge in [-0.3, -0.25) is 10.1 Å². The van der Waals surface area contributed by atoms with Crippen molar-refractivity contribution in [2.75, 3.05) is 38.3 Å². The van der Waals surface area contributed by atoms with Crippen molar-refractivity contribution >= 4 is 11.4 Å². The van der Waals surface area contributed by atoms with Gasteiger partial charge in [0.1, 0.15) is 5.69 Å². The molecule has 0 aliphatic carbocycles. The van der Waals surface area contributed by atoms with Gasteiger partial charge in [-0.2, -0.15) is 0 Å². The minimum absolute atomic E-state index is 0.170. The van der Waals surface area contributed by atoms with E-state index in [0.29, 0.717) is 24.9 Å². The maximum Gasteiger partial charge on any atom is 0.292 e. The number of hydrogen-bond acceptors (Lipinski definition) is 5. The van der Waals surface area contributed by atoms with Gasteiger partial charge in [-0.25, -0.2) is 0 Å². The molecule has 1 aliphatic rings. The van der Waals surface area contributed by atoms with Crippen LogP contribution in [0.4, 0.5) is 11.4 Å². The summed E-state index contributed by atoms with van der Waals surface area (Å²) in [5.41, 5.74) is 1.82. The maximum atomic E-state index is 11.3. The number of ether oxygens (including phenoxy) is 1. The van der Waals surface area contributed by atoms with Crippen molar-refractivity contribution < 1.29 is 9.66 Å². The molecule has 0 aromatic heterocycles. The first kappa shape index (κ1) is 15.7. The first-order valence-electron chi connectivity index (χ1n) is 7.34. The molecule has 0 bridgehead atoms. The summed E-state index contributed by atoms with van der Waals surface area (Å²) >= 11 is 0. The molecule has 1 fully saturated rings. The molecule has 1 N–H and O–H groups in total. The number of methoxy groups -OCH3 is 1. The number of benzene rings is 1. The molecule has 2 rings (SSSR count). The zero-order chi connectivity index (χ0) is 15.2. The quantitative estimate of drug-likeness (QED) is 0.616. The molecule has 21 heavy (non-hydrogen) atoms. The van der Waals surface area contributed by atoms with Crippen LogP contribution in [0.2, 0.25) is 0 Å². The van der Waals surface area contributed by atoms with E-state index >= 15 is 0 Å². The van der Waals surface area contributed by atoms with Crippen LogP contribution in [-0.4, -0.2) is 44.3 Å². The normalized spacial score (nSPS) is 17.9. The van der Waals surface area contributed by atoms with Gasteiger partial charge in [0.05, 0.1) is 11.5 Å². The van der Waals surface area contributed by atoms with Gasteiger partial charge in [0.15, 0.2) is 0 Å². The van der Waals surface area contributed by atoms with Crippen LogP contribution in [0.3, 0.4) is 0 Å². The fraction of sp³-hybridized carbons (Fsp3) is 0.600. The Labute approximate surface area is 125 Å². The Morgan fingerprint density at radius 2 is 2.33 bits per heavy atom. The average Bonchev–Trinajstić information content (AvgIpc) is 2.96. The third-order valence-corrected chi connectivity index (χ3v) is 3.90. The number of nitrogens with zero attached hydrogens (tertiary/aromatic N) is 2. The first-order valence-corrected chi connectivity index (χ1v) is 7.34. The van der Waals surface area contributed by atoms with Crippen molar-refractivity contribution in [2.24, 2.45) is 0 Å². The Morgan fingerprint density at radius 3 is 2.95 bits per heavy atom. The lowest BCUT2D eigenvalue weighted by Gasteiger charge is -2.28. The lowest BCUT2D eigenvalue weighted by Crippen LogP contribution is -2.39. The molecule has 0 radical (unpaired) electrons. The number of anilines is 1. The minimum Gasteiger partial charge on any atom is -0.383 e. The van der Waals surface area contributed by atoms with Crippen LogP contribution >= 0.6 is 0 Å². The molecule has 6 heteroatoms. The van der Waals surface area contributed by atoms with Crippen LogP contribution in [0, 0.1) is 17.0 Å². The van der Waals surface area contributed by atoms with E-state index in [-0.39, 0.29) is 10.6 Å². The lowest BCUT2D eigenvalue weighted by molar-refractivity contribution is -0.384. The largest absolute Gasteiger partial charge is 0.383 e. The van der Waals surface area contributed by atoms with E-state index in [1.165, 1.54) is 6.42 Å². The molecule has 1 atom stereocenters. The number of para-hydroxylation sites is 1. The van der Waals surface area contributed by atoms with Crippen molar-refractivity contribution in [1.82, 2.24) is 5.32 Å². The second-order valence-corrected chi connectivity index (χ2v) is 5.43. The van der Waals surface area contributed by atoms with Crippen LogP contribution in [0.5, 0.6) is 0 Å². The highest BCUT2D eigenvalue weighted by molar-refractivity contribution is 5.67. The van der Waals surface area contributed by atoms with Crippen LogP contribution in [0.15, 0.2) is 18.2 Å². The number of rotatable bonds is 7. The van der Waals surface area contributed by atoms with E-state index < -0.39 is 0 Å². The summed E-state index contributed by atoms with van der Waals surface area (Å²) < 4.78 is 5.17. The van der Waals surface area contributed by atoms with E-state index in [4.69, 9.17) is 4.74 Å². The van der Waals surface area contributed by atoms with E-state index in [0.717, 1.165) is 25.1 Å². The molecule has 0 spiro atoms. The molecule has 1 heterocycles. The fourth-order valence-corrected chi connectivity index (χ4v) is 2.88. The molecule has 1 saturated heterocycles. The minimum atomic E-state index is -0.301. The summed E-state index contributed by atoms with van der Waals surface area (Å²) in [7, 11) is 1.65. The molecule has 1 aliphatic heterocycles. The van der Waals surface area contributed by atoms with Gasteiger partial charge in [0, 0.05) is 32.3 Å². The zero-order valence-electron chi connectivity index (χ0n) is 12.7. The van der Waals surface area contributed by atoms with Gasteiger partial charge in [0.25, 0.3) is 5.69 Å². The first-order chi connectivity index (χ1) is 10.1. The average molecular weight is 293 g/mol. The number of nitro benzene ring substituents is 1. The molecule has 1 aromatic carbocycles.